The molecule has 0 aromatic carbocycles. The summed E-state index contributed by atoms with van der Waals surface area (Å²) in [7, 11) is 0. The minimum absolute atomic E-state index is 0.0851. The van der Waals surface area contributed by atoms with Crippen LogP contribution in [0.25, 0.3) is 5.82 Å². The van der Waals surface area contributed by atoms with Crippen LogP contribution in [0.4, 0.5) is 0 Å². The minimum Gasteiger partial charge on any atom is -0.476 e. The van der Waals surface area contributed by atoms with Crippen molar-refractivity contribution in [1.82, 2.24) is 14.8 Å². The van der Waals surface area contributed by atoms with E-state index < -0.39 is 11.6 Å². The molecule has 0 spiro atoms. The van der Waals surface area contributed by atoms with Crippen LogP contribution in [0.5, 0.6) is 5.88 Å². The zero-order valence-electron chi connectivity index (χ0n) is 18.5. The van der Waals surface area contributed by atoms with E-state index in [2.05, 4.69) is 23.9 Å². The van der Waals surface area contributed by atoms with Crippen molar-refractivity contribution in [1.29, 1.82) is 0 Å². The fraction of sp³-hybridized carbons (Fsp3) is 0.609. The number of esters is 1. The Labute approximate surface area is 183 Å². The van der Waals surface area contributed by atoms with Crippen molar-refractivity contribution >= 4 is 17.6 Å². The molecule has 0 saturated heterocycles. The first kappa shape index (κ1) is 22.6. The minimum atomic E-state index is -0.597. The molecule has 3 atom stereocenters. The number of carbonyl (C=O) groups is 1. The van der Waals surface area contributed by atoms with E-state index in [0.717, 1.165) is 5.92 Å². The summed E-state index contributed by atoms with van der Waals surface area (Å²) in [6.45, 7) is 10.7. The van der Waals surface area contributed by atoms with Gasteiger partial charge in [-0.1, -0.05) is 44.7 Å². The SMILES string of the molecule is CCCC1CCC(C)C1COc1ccn(-c2ccc(C(=O)OC(C)(C)C)c(Cl)n2)n1. The van der Waals surface area contributed by atoms with Gasteiger partial charge < -0.3 is 9.47 Å². The van der Waals surface area contributed by atoms with Crippen molar-refractivity contribution in [2.45, 2.75) is 65.9 Å². The molecular weight excluding hydrogens is 402 g/mol. The lowest BCUT2D eigenvalue weighted by Crippen LogP contribution is -2.24. The maximum absolute atomic E-state index is 12.3. The van der Waals surface area contributed by atoms with E-state index in [4.69, 9.17) is 21.1 Å². The summed E-state index contributed by atoms with van der Waals surface area (Å²) in [5, 5.41) is 4.55. The molecule has 0 bridgehead atoms. The molecule has 1 saturated carbocycles. The second-order valence-corrected chi connectivity index (χ2v) is 9.54. The third kappa shape index (κ3) is 5.54. The predicted molar refractivity (Wildman–Crippen MR) is 117 cm³/mol. The van der Waals surface area contributed by atoms with Gasteiger partial charge in [0.25, 0.3) is 0 Å². The maximum Gasteiger partial charge on any atom is 0.341 e. The van der Waals surface area contributed by atoms with Crippen LogP contribution in [0.3, 0.4) is 0 Å². The van der Waals surface area contributed by atoms with E-state index in [1.807, 2.05) is 26.8 Å². The fourth-order valence-corrected chi connectivity index (χ4v) is 4.36. The van der Waals surface area contributed by atoms with Gasteiger partial charge in [0.2, 0.25) is 5.88 Å². The number of pyridine rings is 1. The van der Waals surface area contributed by atoms with Gasteiger partial charge in [0.15, 0.2) is 5.82 Å². The molecule has 30 heavy (non-hydrogen) atoms. The molecule has 164 valence electrons. The van der Waals surface area contributed by atoms with Gasteiger partial charge in [-0.3, -0.25) is 0 Å². The van der Waals surface area contributed by atoms with Crippen molar-refractivity contribution < 1.29 is 14.3 Å². The molecule has 1 aliphatic rings. The average molecular weight is 434 g/mol. The summed E-state index contributed by atoms with van der Waals surface area (Å²) in [6, 6.07) is 5.13. The van der Waals surface area contributed by atoms with Gasteiger partial charge in [-0.05, 0) is 57.1 Å². The van der Waals surface area contributed by atoms with Crippen LogP contribution in [0.2, 0.25) is 5.15 Å². The standard InChI is InChI=1S/C23H32ClN3O3/c1-6-7-16-9-8-15(2)18(16)14-29-20-12-13-27(26-20)19-11-10-17(21(24)25-19)22(28)30-23(3,4)5/h10-13,15-16,18H,6-9,14H2,1-5H3. The molecule has 6 nitrogen and oxygen atoms in total. The Morgan fingerprint density at radius 1 is 1.27 bits per heavy atom. The van der Waals surface area contributed by atoms with Crippen LogP contribution in [0, 0.1) is 17.8 Å². The molecule has 2 aromatic heterocycles. The molecular formula is C23H32ClN3O3. The molecule has 0 radical (unpaired) electrons. The van der Waals surface area contributed by atoms with Crippen LogP contribution in [-0.4, -0.2) is 32.9 Å². The number of carbonyl (C=O) groups excluding carboxylic acids is 1. The zero-order valence-corrected chi connectivity index (χ0v) is 19.3. The summed E-state index contributed by atoms with van der Waals surface area (Å²) in [6.07, 6.45) is 6.83. The lowest BCUT2D eigenvalue weighted by molar-refractivity contribution is 0.00693. The van der Waals surface area contributed by atoms with E-state index in [9.17, 15) is 4.79 Å². The first-order valence-corrected chi connectivity index (χ1v) is 11.1. The maximum atomic E-state index is 12.3. The number of ether oxygens (including phenoxy) is 2. The number of aromatic nitrogens is 3. The largest absolute Gasteiger partial charge is 0.476 e. The Morgan fingerprint density at radius 2 is 2.03 bits per heavy atom. The van der Waals surface area contributed by atoms with Crippen molar-refractivity contribution in [3.8, 4) is 11.7 Å². The van der Waals surface area contributed by atoms with E-state index >= 15 is 0 Å². The number of halogens is 1. The highest BCUT2D eigenvalue weighted by atomic mass is 35.5. The number of nitrogens with zero attached hydrogens (tertiary/aromatic N) is 3. The molecule has 3 unspecified atom stereocenters. The predicted octanol–water partition coefficient (Wildman–Crippen LogP) is 5.72. The van der Waals surface area contributed by atoms with Gasteiger partial charge >= 0.3 is 5.97 Å². The third-order valence-corrected chi connectivity index (χ3v) is 5.95. The average Bonchev–Trinajstić information content (AvgIpc) is 3.26. The second-order valence-electron chi connectivity index (χ2n) is 9.19. The fourth-order valence-electron chi connectivity index (χ4n) is 4.13. The van der Waals surface area contributed by atoms with Gasteiger partial charge in [-0.15, -0.1) is 5.10 Å². The summed E-state index contributed by atoms with van der Waals surface area (Å²) >= 11 is 6.23. The highest BCUT2D eigenvalue weighted by Crippen LogP contribution is 2.39. The summed E-state index contributed by atoms with van der Waals surface area (Å²) < 4.78 is 13.0. The third-order valence-electron chi connectivity index (χ3n) is 5.66. The van der Waals surface area contributed by atoms with Gasteiger partial charge in [0.05, 0.1) is 12.2 Å². The second kappa shape index (κ2) is 9.38. The molecule has 1 fully saturated rings. The Bertz CT molecular complexity index is 873. The van der Waals surface area contributed by atoms with Gasteiger partial charge in [-0.25, -0.2) is 14.5 Å². The lowest BCUT2D eigenvalue weighted by Gasteiger charge is -2.22. The molecule has 0 amide bonds. The Balaban J connectivity index is 1.66. The van der Waals surface area contributed by atoms with Crippen LogP contribution in [0.1, 0.15) is 70.7 Å². The highest BCUT2D eigenvalue weighted by Gasteiger charge is 2.33. The lowest BCUT2D eigenvalue weighted by atomic mass is 9.88. The van der Waals surface area contributed by atoms with Crippen molar-refractivity contribution in [3.63, 3.8) is 0 Å². The quantitative estimate of drug-likeness (QED) is 0.412. The first-order chi connectivity index (χ1) is 14.2. The molecule has 3 rings (SSSR count). The van der Waals surface area contributed by atoms with Crippen LogP contribution < -0.4 is 4.74 Å². The monoisotopic (exact) mass is 433 g/mol. The summed E-state index contributed by atoms with van der Waals surface area (Å²) in [4.78, 5) is 16.6. The van der Waals surface area contributed by atoms with Crippen LogP contribution >= 0.6 is 11.6 Å². The first-order valence-electron chi connectivity index (χ1n) is 10.8. The van der Waals surface area contributed by atoms with E-state index in [-0.39, 0.29) is 10.7 Å². The molecule has 0 aliphatic heterocycles. The smallest absolute Gasteiger partial charge is 0.341 e. The molecule has 2 aromatic rings. The Morgan fingerprint density at radius 3 is 2.70 bits per heavy atom. The number of hydrogen-bond acceptors (Lipinski definition) is 5. The molecule has 7 heteroatoms. The highest BCUT2D eigenvalue weighted by molar-refractivity contribution is 6.32. The van der Waals surface area contributed by atoms with Crippen LogP contribution in [0.15, 0.2) is 24.4 Å². The van der Waals surface area contributed by atoms with Crippen LogP contribution in [-0.2, 0) is 4.74 Å². The topological polar surface area (TPSA) is 66.2 Å². The Kier molecular flexibility index (Phi) is 7.06. The van der Waals surface area contributed by atoms with E-state index in [0.29, 0.717) is 30.1 Å². The molecule has 2 heterocycles. The van der Waals surface area contributed by atoms with Crippen molar-refractivity contribution in [2.24, 2.45) is 17.8 Å². The van der Waals surface area contributed by atoms with Gasteiger partial charge in [0.1, 0.15) is 10.8 Å². The normalized spacial score (nSPS) is 21.6. The number of rotatable bonds is 7. The summed E-state index contributed by atoms with van der Waals surface area (Å²) in [5.41, 5.74) is -0.364. The summed E-state index contributed by atoms with van der Waals surface area (Å²) in [5.74, 6) is 2.59. The van der Waals surface area contributed by atoms with Gasteiger partial charge in [-0.2, -0.15) is 0 Å². The van der Waals surface area contributed by atoms with Crippen molar-refractivity contribution in [2.75, 3.05) is 6.61 Å². The van der Waals surface area contributed by atoms with E-state index in [1.165, 1.54) is 25.7 Å². The van der Waals surface area contributed by atoms with Gasteiger partial charge in [0, 0.05) is 12.3 Å². The zero-order chi connectivity index (χ0) is 21.9. The van der Waals surface area contributed by atoms with Crippen molar-refractivity contribution in [3.05, 3.63) is 35.1 Å². The van der Waals surface area contributed by atoms with E-state index in [1.54, 1.807) is 23.0 Å². The Hall–Kier alpha value is -2.08. The molecule has 0 N–H and O–H groups in total. The molecule has 1 aliphatic carbocycles. The number of hydrogen-bond donors (Lipinski definition) is 0.